The van der Waals surface area contributed by atoms with Crippen LogP contribution >= 0.6 is 0 Å². The highest BCUT2D eigenvalue weighted by molar-refractivity contribution is 5.98. The Morgan fingerprint density at radius 2 is 2.00 bits per heavy atom. The Bertz CT molecular complexity index is 1020. The minimum atomic E-state index is -1.80. The van der Waals surface area contributed by atoms with Gasteiger partial charge in [0.2, 0.25) is 0 Å². The number of aliphatic hydroxyl groups is 2. The van der Waals surface area contributed by atoms with E-state index in [-0.39, 0.29) is 41.7 Å². The Hall–Kier alpha value is -2.75. The summed E-state index contributed by atoms with van der Waals surface area (Å²) in [6.07, 6.45) is 2.02. The summed E-state index contributed by atoms with van der Waals surface area (Å²) in [5.41, 5.74) is -5.98. The van der Waals surface area contributed by atoms with E-state index in [1.165, 1.54) is 6.08 Å². The SMILES string of the molecule is C=C(CO)C(=O)O[C@H]1C[C@@]2(C)OC(=O)/C(=C\C)[C@]23CC[C@@](C)(O)C=C2OC(=O)C(=C)[C@@]21O3. The molecular formula is C23H26O9. The first-order chi connectivity index (χ1) is 14.9. The summed E-state index contributed by atoms with van der Waals surface area (Å²) in [5.74, 6) is -2.39. The van der Waals surface area contributed by atoms with Crippen molar-refractivity contribution in [2.45, 2.75) is 68.5 Å². The van der Waals surface area contributed by atoms with Gasteiger partial charge in [-0.1, -0.05) is 19.2 Å². The van der Waals surface area contributed by atoms with E-state index >= 15 is 0 Å². The summed E-state index contributed by atoms with van der Waals surface area (Å²) in [5, 5.41) is 20.3. The molecule has 0 aromatic carbocycles. The van der Waals surface area contributed by atoms with Crippen LogP contribution < -0.4 is 0 Å². The summed E-state index contributed by atoms with van der Waals surface area (Å²) in [7, 11) is 0. The number of rotatable bonds is 3. The molecule has 4 rings (SSSR count). The lowest BCUT2D eigenvalue weighted by Crippen LogP contribution is -2.68. The molecule has 172 valence electrons. The van der Waals surface area contributed by atoms with Crippen LogP contribution in [0.1, 0.15) is 40.0 Å². The van der Waals surface area contributed by atoms with Crippen LogP contribution in [0, 0.1) is 0 Å². The van der Waals surface area contributed by atoms with Gasteiger partial charge in [-0.3, -0.25) is 0 Å². The molecule has 3 saturated heterocycles. The molecule has 0 aromatic heterocycles. The van der Waals surface area contributed by atoms with Crippen molar-refractivity contribution in [3.05, 3.63) is 47.8 Å². The summed E-state index contributed by atoms with van der Waals surface area (Å²) in [4.78, 5) is 38.0. The molecule has 4 heterocycles. The van der Waals surface area contributed by atoms with Crippen molar-refractivity contribution < 1.29 is 43.5 Å². The van der Waals surface area contributed by atoms with Crippen LogP contribution in [-0.4, -0.2) is 63.2 Å². The number of hydrogen-bond acceptors (Lipinski definition) is 9. The lowest BCUT2D eigenvalue weighted by Gasteiger charge is -2.55. The standard InChI is InChI=1S/C23H26O9/c1-6-14-19(27)31-21(5)10-16(29-17(25)12(2)11-24)23-13(3)18(26)30-15(23)9-20(4,28)7-8-22(14,21)32-23/h6,9,16,24,28H,2-3,7-8,10-11H2,1,4-5H3/b14-6+,15-9?/t16-,20+,21+,22+,23+/m0/s1. The minimum Gasteiger partial charge on any atom is -0.455 e. The van der Waals surface area contributed by atoms with Crippen LogP contribution in [0.5, 0.6) is 0 Å². The quantitative estimate of drug-likeness (QED) is 0.373. The smallest absolute Gasteiger partial charge is 0.342 e. The van der Waals surface area contributed by atoms with Crippen molar-refractivity contribution in [3.8, 4) is 0 Å². The van der Waals surface area contributed by atoms with Gasteiger partial charge < -0.3 is 29.2 Å². The normalized spacial score (nSPS) is 41.7. The van der Waals surface area contributed by atoms with Crippen molar-refractivity contribution in [1.82, 2.24) is 0 Å². The van der Waals surface area contributed by atoms with Crippen molar-refractivity contribution in [3.63, 3.8) is 0 Å². The molecule has 5 atom stereocenters. The average molecular weight is 446 g/mol. The molecule has 4 aliphatic rings. The zero-order chi connectivity index (χ0) is 23.7. The van der Waals surface area contributed by atoms with Crippen LogP contribution in [0.4, 0.5) is 0 Å². The maximum Gasteiger partial charge on any atom is 0.342 e. The molecule has 0 unspecified atom stereocenters. The van der Waals surface area contributed by atoms with Gasteiger partial charge in [0.15, 0.2) is 5.60 Å². The monoisotopic (exact) mass is 446 g/mol. The van der Waals surface area contributed by atoms with E-state index in [4.69, 9.17) is 18.9 Å². The summed E-state index contributed by atoms with van der Waals surface area (Å²) < 4.78 is 23.4. The number of aliphatic hydroxyl groups excluding tert-OH is 1. The van der Waals surface area contributed by atoms with Gasteiger partial charge in [-0.2, -0.15) is 0 Å². The van der Waals surface area contributed by atoms with Crippen molar-refractivity contribution in [1.29, 1.82) is 0 Å². The predicted octanol–water partition coefficient (Wildman–Crippen LogP) is 1.15. The fourth-order valence-corrected chi connectivity index (χ4v) is 5.13. The fourth-order valence-electron chi connectivity index (χ4n) is 5.13. The number of esters is 3. The van der Waals surface area contributed by atoms with Gasteiger partial charge in [-0.25, -0.2) is 14.4 Å². The fraction of sp³-hybridized carbons (Fsp3) is 0.522. The van der Waals surface area contributed by atoms with Gasteiger partial charge in [0.05, 0.1) is 28.9 Å². The zero-order valence-electron chi connectivity index (χ0n) is 18.2. The third kappa shape index (κ3) is 2.78. The number of ether oxygens (including phenoxy) is 4. The van der Waals surface area contributed by atoms with Crippen molar-refractivity contribution >= 4 is 17.9 Å². The van der Waals surface area contributed by atoms with Crippen LogP contribution in [0.15, 0.2) is 47.8 Å². The summed E-state index contributed by atoms with van der Waals surface area (Å²) >= 11 is 0. The largest absolute Gasteiger partial charge is 0.455 e. The molecule has 0 radical (unpaired) electrons. The molecule has 3 fully saturated rings. The molecule has 0 aliphatic carbocycles. The third-order valence-electron chi connectivity index (χ3n) is 6.90. The Balaban J connectivity index is 1.98. The Morgan fingerprint density at radius 1 is 1.31 bits per heavy atom. The molecule has 2 N–H and O–H groups in total. The number of carbonyl (C=O) groups excluding carboxylic acids is 3. The summed E-state index contributed by atoms with van der Waals surface area (Å²) in [6, 6.07) is 0. The van der Waals surface area contributed by atoms with E-state index in [0.29, 0.717) is 0 Å². The lowest BCUT2D eigenvalue weighted by molar-refractivity contribution is -0.265. The first-order valence-electron chi connectivity index (χ1n) is 10.3. The molecule has 2 bridgehead atoms. The second-order valence-electron chi connectivity index (χ2n) is 9.08. The highest BCUT2D eigenvalue weighted by Crippen LogP contribution is 2.61. The van der Waals surface area contributed by atoms with Crippen LogP contribution in [0.3, 0.4) is 0 Å². The Kier molecular flexibility index (Phi) is 4.82. The van der Waals surface area contributed by atoms with Gasteiger partial charge >= 0.3 is 17.9 Å². The molecule has 4 aliphatic heterocycles. The first-order valence-corrected chi connectivity index (χ1v) is 10.3. The van der Waals surface area contributed by atoms with E-state index in [9.17, 15) is 24.6 Å². The average Bonchev–Trinajstić information content (AvgIpc) is 3.06. The highest BCUT2D eigenvalue weighted by Gasteiger charge is 2.75. The predicted molar refractivity (Wildman–Crippen MR) is 109 cm³/mol. The van der Waals surface area contributed by atoms with Gasteiger partial charge in [0.25, 0.3) is 0 Å². The molecule has 0 aromatic rings. The molecular weight excluding hydrogens is 420 g/mol. The van der Waals surface area contributed by atoms with E-state index in [1.54, 1.807) is 26.8 Å². The van der Waals surface area contributed by atoms with Gasteiger partial charge in [-0.15, -0.1) is 0 Å². The maximum absolute atomic E-state index is 12.8. The van der Waals surface area contributed by atoms with Gasteiger partial charge in [-0.05, 0) is 39.7 Å². The summed E-state index contributed by atoms with van der Waals surface area (Å²) in [6.45, 7) is 11.6. The number of carbonyl (C=O) groups is 3. The second-order valence-corrected chi connectivity index (χ2v) is 9.08. The van der Waals surface area contributed by atoms with E-state index in [2.05, 4.69) is 13.2 Å². The Morgan fingerprint density at radius 3 is 2.62 bits per heavy atom. The number of allylic oxidation sites excluding steroid dienone is 1. The zero-order valence-corrected chi connectivity index (χ0v) is 18.2. The minimum absolute atomic E-state index is 0.0460. The second kappa shape index (κ2) is 6.87. The molecule has 9 heteroatoms. The van der Waals surface area contributed by atoms with E-state index in [0.717, 1.165) is 0 Å². The molecule has 0 amide bonds. The lowest BCUT2D eigenvalue weighted by atomic mass is 9.65. The topological polar surface area (TPSA) is 129 Å². The molecule has 9 nitrogen and oxygen atoms in total. The van der Waals surface area contributed by atoms with Gasteiger partial charge in [0, 0.05) is 6.42 Å². The van der Waals surface area contributed by atoms with E-state index < -0.39 is 53.0 Å². The maximum atomic E-state index is 12.8. The highest BCUT2D eigenvalue weighted by atomic mass is 16.7. The van der Waals surface area contributed by atoms with Crippen LogP contribution in [0.2, 0.25) is 0 Å². The van der Waals surface area contributed by atoms with Crippen molar-refractivity contribution in [2.24, 2.45) is 0 Å². The van der Waals surface area contributed by atoms with Crippen LogP contribution in [-0.2, 0) is 33.3 Å². The third-order valence-corrected chi connectivity index (χ3v) is 6.90. The van der Waals surface area contributed by atoms with Crippen molar-refractivity contribution in [2.75, 3.05) is 6.61 Å². The molecule has 32 heavy (non-hydrogen) atoms. The van der Waals surface area contributed by atoms with E-state index in [1.807, 2.05) is 0 Å². The van der Waals surface area contributed by atoms with Gasteiger partial charge in [0.1, 0.15) is 23.1 Å². The number of hydrogen-bond donors (Lipinski definition) is 2. The first kappa shape index (κ1) is 22.4. The Labute approximate surface area is 185 Å². The van der Waals surface area contributed by atoms with Crippen LogP contribution in [0.25, 0.3) is 0 Å². The molecule has 2 spiro atoms. The molecule has 0 saturated carbocycles.